The van der Waals surface area contributed by atoms with Crippen LogP contribution in [0.15, 0.2) is 18.2 Å². The number of ether oxygens (including phenoxy) is 1. The monoisotopic (exact) mass is 243 g/mol. The van der Waals surface area contributed by atoms with Gasteiger partial charge >= 0.3 is 0 Å². The molecule has 1 heterocycles. The van der Waals surface area contributed by atoms with Crippen LogP contribution in [0.4, 0.5) is 0 Å². The normalized spacial score (nSPS) is 14.7. The fourth-order valence-electron chi connectivity index (χ4n) is 2.36. The van der Waals surface area contributed by atoms with Gasteiger partial charge in [0.1, 0.15) is 5.75 Å². The largest absolute Gasteiger partial charge is 0.493 e. The Morgan fingerprint density at radius 3 is 3.17 bits per heavy atom. The maximum absolute atomic E-state index is 5.54. The van der Waals surface area contributed by atoms with Crippen molar-refractivity contribution in [3.05, 3.63) is 29.3 Å². The van der Waals surface area contributed by atoms with Gasteiger partial charge in [-0.15, -0.1) is 12.3 Å². The molecule has 1 aromatic carbocycles. The number of hydrogen-bond acceptors (Lipinski definition) is 2. The van der Waals surface area contributed by atoms with Crippen LogP contribution in [0.2, 0.25) is 0 Å². The smallest absolute Gasteiger partial charge is 0.122 e. The maximum atomic E-state index is 5.54. The van der Waals surface area contributed by atoms with E-state index in [4.69, 9.17) is 11.2 Å². The molecular formula is C16H21NO. The van der Waals surface area contributed by atoms with Gasteiger partial charge in [0.2, 0.25) is 0 Å². The van der Waals surface area contributed by atoms with Gasteiger partial charge in [0.25, 0.3) is 0 Å². The summed E-state index contributed by atoms with van der Waals surface area (Å²) < 4.78 is 5.54. The van der Waals surface area contributed by atoms with Crippen molar-refractivity contribution >= 4 is 0 Å². The first-order valence-electron chi connectivity index (χ1n) is 6.77. The van der Waals surface area contributed by atoms with Crippen LogP contribution < -0.4 is 10.1 Å². The molecule has 1 unspecified atom stereocenters. The average molecular weight is 243 g/mol. The fourth-order valence-corrected chi connectivity index (χ4v) is 2.36. The Bertz CT molecular complexity index is 433. The minimum absolute atomic E-state index is 0.367. The van der Waals surface area contributed by atoms with E-state index >= 15 is 0 Å². The third-order valence-corrected chi connectivity index (χ3v) is 3.33. The van der Waals surface area contributed by atoms with Crippen LogP contribution in [0.1, 0.15) is 43.4 Å². The van der Waals surface area contributed by atoms with Crippen LogP contribution in [0.25, 0.3) is 0 Å². The van der Waals surface area contributed by atoms with Gasteiger partial charge in [-0.05, 0) is 36.6 Å². The molecule has 0 spiro atoms. The van der Waals surface area contributed by atoms with Crippen molar-refractivity contribution in [1.82, 2.24) is 5.32 Å². The van der Waals surface area contributed by atoms with E-state index in [-0.39, 0.29) is 0 Å². The zero-order valence-corrected chi connectivity index (χ0v) is 11.0. The Morgan fingerprint density at radius 1 is 1.50 bits per heavy atom. The molecule has 0 fully saturated rings. The van der Waals surface area contributed by atoms with E-state index in [1.165, 1.54) is 11.1 Å². The third kappa shape index (κ3) is 3.05. The summed E-state index contributed by atoms with van der Waals surface area (Å²) in [5.41, 5.74) is 2.67. The Hall–Kier alpha value is -1.46. The quantitative estimate of drug-likeness (QED) is 0.775. The van der Waals surface area contributed by atoms with Crippen molar-refractivity contribution in [3.8, 4) is 18.1 Å². The third-order valence-electron chi connectivity index (χ3n) is 3.33. The number of fused-ring (bicyclic) bond motifs is 1. The van der Waals surface area contributed by atoms with Crippen LogP contribution in [0.5, 0.6) is 5.75 Å². The van der Waals surface area contributed by atoms with Gasteiger partial charge in [0, 0.05) is 18.9 Å². The zero-order chi connectivity index (χ0) is 12.8. The lowest BCUT2D eigenvalue weighted by Crippen LogP contribution is -2.22. The van der Waals surface area contributed by atoms with Crippen molar-refractivity contribution in [3.63, 3.8) is 0 Å². The second kappa shape index (κ2) is 6.47. The van der Waals surface area contributed by atoms with Gasteiger partial charge in [0.05, 0.1) is 6.61 Å². The molecule has 2 rings (SSSR count). The molecule has 18 heavy (non-hydrogen) atoms. The summed E-state index contributed by atoms with van der Waals surface area (Å²) in [6, 6.07) is 6.89. The molecule has 0 radical (unpaired) electrons. The average Bonchev–Trinajstić information content (AvgIpc) is 2.86. The highest BCUT2D eigenvalue weighted by atomic mass is 16.5. The van der Waals surface area contributed by atoms with Crippen molar-refractivity contribution < 1.29 is 4.74 Å². The standard InChI is InChI=1S/C16H21NO/c1-3-5-6-15(17-10-4-2)13-7-8-16-14(12-13)9-11-18-16/h1,7-8,12,15,17H,4-6,9-11H2,2H3. The summed E-state index contributed by atoms with van der Waals surface area (Å²) >= 11 is 0. The minimum Gasteiger partial charge on any atom is -0.493 e. The molecule has 96 valence electrons. The highest BCUT2D eigenvalue weighted by Crippen LogP contribution is 2.29. The van der Waals surface area contributed by atoms with E-state index < -0.39 is 0 Å². The summed E-state index contributed by atoms with van der Waals surface area (Å²) in [6.45, 7) is 4.03. The number of hydrogen-bond donors (Lipinski definition) is 1. The molecule has 2 heteroatoms. The summed E-state index contributed by atoms with van der Waals surface area (Å²) in [5, 5.41) is 3.58. The summed E-state index contributed by atoms with van der Waals surface area (Å²) in [5.74, 6) is 3.78. The molecule has 1 aromatic rings. The second-order valence-electron chi connectivity index (χ2n) is 4.72. The second-order valence-corrected chi connectivity index (χ2v) is 4.72. The molecule has 1 N–H and O–H groups in total. The summed E-state index contributed by atoms with van der Waals surface area (Å²) in [6.07, 6.45) is 9.35. The molecule has 1 aliphatic rings. The van der Waals surface area contributed by atoms with Crippen molar-refractivity contribution in [2.24, 2.45) is 0 Å². The first-order valence-corrected chi connectivity index (χ1v) is 6.77. The Labute approximate surface area is 110 Å². The van der Waals surface area contributed by atoms with E-state index in [1.807, 2.05) is 0 Å². The first-order chi connectivity index (χ1) is 8.85. The molecule has 1 atom stereocenters. The van der Waals surface area contributed by atoms with Gasteiger partial charge in [-0.1, -0.05) is 19.1 Å². The predicted octanol–water partition coefficient (Wildman–Crippen LogP) is 3.08. The molecule has 0 saturated carbocycles. The van der Waals surface area contributed by atoms with E-state index in [0.29, 0.717) is 6.04 Å². The Kier molecular flexibility index (Phi) is 4.66. The lowest BCUT2D eigenvalue weighted by atomic mass is 9.99. The highest BCUT2D eigenvalue weighted by molar-refractivity contribution is 5.40. The van der Waals surface area contributed by atoms with Crippen LogP contribution in [-0.2, 0) is 6.42 Å². The molecule has 2 nitrogen and oxygen atoms in total. The van der Waals surface area contributed by atoms with Gasteiger partial charge in [0.15, 0.2) is 0 Å². The molecule has 0 bridgehead atoms. The Morgan fingerprint density at radius 2 is 2.39 bits per heavy atom. The molecule has 0 aliphatic carbocycles. The highest BCUT2D eigenvalue weighted by Gasteiger charge is 2.16. The van der Waals surface area contributed by atoms with E-state index in [2.05, 4.69) is 36.4 Å². The molecule has 0 saturated heterocycles. The Balaban J connectivity index is 2.11. The number of benzene rings is 1. The van der Waals surface area contributed by atoms with E-state index in [1.54, 1.807) is 0 Å². The minimum atomic E-state index is 0.367. The molecule has 0 amide bonds. The lowest BCUT2D eigenvalue weighted by Gasteiger charge is -2.18. The van der Waals surface area contributed by atoms with Crippen molar-refractivity contribution in [2.45, 2.75) is 38.6 Å². The van der Waals surface area contributed by atoms with Crippen LogP contribution in [-0.4, -0.2) is 13.2 Å². The number of nitrogens with one attached hydrogen (secondary N) is 1. The fraction of sp³-hybridized carbons (Fsp3) is 0.500. The van der Waals surface area contributed by atoms with Crippen LogP contribution in [0, 0.1) is 12.3 Å². The zero-order valence-electron chi connectivity index (χ0n) is 11.0. The molecule has 0 aromatic heterocycles. The maximum Gasteiger partial charge on any atom is 0.122 e. The SMILES string of the molecule is C#CCCC(NCCC)c1ccc2c(c1)CCO2. The summed E-state index contributed by atoms with van der Waals surface area (Å²) in [4.78, 5) is 0. The van der Waals surface area contributed by atoms with E-state index in [0.717, 1.165) is 44.6 Å². The topological polar surface area (TPSA) is 21.3 Å². The molecular weight excluding hydrogens is 222 g/mol. The van der Waals surface area contributed by atoms with E-state index in [9.17, 15) is 0 Å². The summed E-state index contributed by atoms with van der Waals surface area (Å²) in [7, 11) is 0. The molecule has 1 aliphatic heterocycles. The van der Waals surface area contributed by atoms with Gasteiger partial charge in [-0.3, -0.25) is 0 Å². The van der Waals surface area contributed by atoms with Crippen molar-refractivity contribution in [1.29, 1.82) is 0 Å². The van der Waals surface area contributed by atoms with Crippen LogP contribution >= 0.6 is 0 Å². The number of rotatable bonds is 6. The van der Waals surface area contributed by atoms with Crippen LogP contribution in [0.3, 0.4) is 0 Å². The van der Waals surface area contributed by atoms with Gasteiger partial charge in [-0.25, -0.2) is 0 Å². The van der Waals surface area contributed by atoms with Gasteiger partial charge < -0.3 is 10.1 Å². The van der Waals surface area contributed by atoms with Gasteiger partial charge in [-0.2, -0.15) is 0 Å². The van der Waals surface area contributed by atoms with Crippen molar-refractivity contribution in [2.75, 3.05) is 13.2 Å². The first kappa shape index (κ1) is 13.0. The predicted molar refractivity (Wildman–Crippen MR) is 74.7 cm³/mol. The lowest BCUT2D eigenvalue weighted by molar-refractivity contribution is 0.356. The number of terminal acetylenes is 1.